The molecule has 4 rings (SSSR count). The van der Waals surface area contributed by atoms with Crippen LogP contribution in [0.15, 0.2) is 47.0 Å². The number of halogens is 1. The SMILES string of the molecule is Cc1nc(-c2ccc(F)c(NCC(=O)N(CCNC(C)C)CC(=O)N(C)N3Cc4ccccc4C3)c2)no1. The zero-order valence-electron chi connectivity index (χ0n) is 22.2. The Bertz CT molecular complexity index is 1250. The van der Waals surface area contributed by atoms with Crippen molar-refractivity contribution >= 4 is 17.5 Å². The molecule has 0 radical (unpaired) electrons. The van der Waals surface area contributed by atoms with Gasteiger partial charge in [-0.1, -0.05) is 43.3 Å². The molecule has 0 aliphatic carbocycles. The third-order valence-corrected chi connectivity index (χ3v) is 6.40. The summed E-state index contributed by atoms with van der Waals surface area (Å²) < 4.78 is 19.5. The molecule has 2 amide bonds. The van der Waals surface area contributed by atoms with Crippen molar-refractivity contribution in [2.24, 2.45) is 0 Å². The molecular weight excluding hydrogens is 489 g/mol. The molecule has 2 heterocycles. The van der Waals surface area contributed by atoms with Gasteiger partial charge in [0.25, 0.3) is 5.91 Å². The summed E-state index contributed by atoms with van der Waals surface area (Å²) in [4.78, 5) is 32.1. The summed E-state index contributed by atoms with van der Waals surface area (Å²) in [5.74, 6) is -0.305. The highest BCUT2D eigenvalue weighted by Crippen LogP contribution is 2.24. The summed E-state index contributed by atoms with van der Waals surface area (Å²) in [6, 6.07) is 12.7. The smallest absolute Gasteiger partial charge is 0.256 e. The number of nitrogens with one attached hydrogen (secondary N) is 2. The van der Waals surface area contributed by atoms with Crippen LogP contribution in [0.25, 0.3) is 11.4 Å². The van der Waals surface area contributed by atoms with Gasteiger partial charge in [0.1, 0.15) is 12.4 Å². The third kappa shape index (κ3) is 6.73. The van der Waals surface area contributed by atoms with Gasteiger partial charge in [0, 0.05) is 51.8 Å². The molecule has 2 aromatic carbocycles. The lowest BCUT2D eigenvalue weighted by atomic mass is 10.1. The third-order valence-electron chi connectivity index (χ3n) is 6.40. The number of benzene rings is 2. The van der Waals surface area contributed by atoms with Gasteiger partial charge < -0.3 is 20.1 Å². The number of aryl methyl sites for hydroxylation is 1. The maximum atomic E-state index is 14.5. The molecular formula is C27H34FN7O3. The van der Waals surface area contributed by atoms with Crippen molar-refractivity contribution in [1.29, 1.82) is 0 Å². The van der Waals surface area contributed by atoms with E-state index in [1.54, 1.807) is 25.0 Å². The van der Waals surface area contributed by atoms with Crippen molar-refractivity contribution in [2.75, 3.05) is 38.5 Å². The number of hydrogen-bond donors (Lipinski definition) is 2. The monoisotopic (exact) mass is 523 g/mol. The van der Waals surface area contributed by atoms with Crippen molar-refractivity contribution in [2.45, 2.75) is 39.9 Å². The number of likely N-dealkylation sites (N-methyl/N-ethyl adjacent to an activating group) is 1. The molecule has 1 aliphatic rings. The molecule has 3 aromatic rings. The normalized spacial score (nSPS) is 13.0. The molecule has 0 atom stereocenters. The van der Waals surface area contributed by atoms with Gasteiger partial charge in [0.05, 0.1) is 12.2 Å². The minimum Gasteiger partial charge on any atom is -0.374 e. The van der Waals surface area contributed by atoms with Crippen LogP contribution in [-0.4, -0.2) is 76.1 Å². The lowest BCUT2D eigenvalue weighted by Gasteiger charge is -2.31. The van der Waals surface area contributed by atoms with Crippen LogP contribution in [-0.2, 0) is 22.7 Å². The summed E-state index contributed by atoms with van der Waals surface area (Å²) in [5, 5.41) is 13.5. The van der Waals surface area contributed by atoms with Gasteiger partial charge in [0.15, 0.2) is 0 Å². The van der Waals surface area contributed by atoms with Crippen molar-refractivity contribution < 1.29 is 18.5 Å². The largest absolute Gasteiger partial charge is 0.374 e. The molecule has 38 heavy (non-hydrogen) atoms. The zero-order chi connectivity index (χ0) is 27.2. The number of fused-ring (bicyclic) bond motifs is 1. The van der Waals surface area contributed by atoms with E-state index in [1.165, 1.54) is 28.2 Å². The van der Waals surface area contributed by atoms with Crippen molar-refractivity contribution in [1.82, 2.24) is 30.4 Å². The van der Waals surface area contributed by atoms with Gasteiger partial charge >= 0.3 is 0 Å². The van der Waals surface area contributed by atoms with E-state index < -0.39 is 5.82 Å². The summed E-state index contributed by atoms with van der Waals surface area (Å²) >= 11 is 0. The predicted octanol–water partition coefficient (Wildman–Crippen LogP) is 2.81. The van der Waals surface area contributed by atoms with E-state index in [2.05, 4.69) is 32.9 Å². The zero-order valence-corrected chi connectivity index (χ0v) is 22.2. The fraction of sp³-hybridized carbons (Fsp3) is 0.407. The van der Waals surface area contributed by atoms with E-state index in [9.17, 15) is 14.0 Å². The number of nitrogens with zero attached hydrogens (tertiary/aromatic N) is 5. The minimum atomic E-state index is -0.515. The van der Waals surface area contributed by atoms with Crippen LogP contribution in [0.4, 0.5) is 10.1 Å². The number of aromatic nitrogens is 2. The molecule has 1 aromatic heterocycles. The van der Waals surface area contributed by atoms with Crippen LogP contribution in [0.5, 0.6) is 0 Å². The standard InChI is InChI=1S/C27H34FN7O3/c1-18(2)29-11-12-34(17-26(37)33(4)35-15-21-7-5-6-8-22(21)16-35)25(36)14-30-24-13-20(9-10-23(24)28)27-31-19(3)38-32-27/h5-10,13,18,29-30H,11-12,14-17H2,1-4H3. The van der Waals surface area contributed by atoms with Crippen LogP contribution in [0.2, 0.25) is 0 Å². The highest BCUT2D eigenvalue weighted by atomic mass is 19.1. The average Bonchev–Trinajstić information content (AvgIpc) is 3.53. The topological polar surface area (TPSA) is 107 Å². The van der Waals surface area contributed by atoms with Crippen LogP contribution in [0.3, 0.4) is 0 Å². The molecule has 202 valence electrons. The Kier molecular flexibility index (Phi) is 8.70. The second kappa shape index (κ2) is 12.1. The first kappa shape index (κ1) is 27.2. The van der Waals surface area contributed by atoms with E-state index in [-0.39, 0.29) is 36.6 Å². The number of anilines is 1. The Balaban J connectivity index is 1.40. The molecule has 0 bridgehead atoms. The number of carbonyl (C=O) groups excluding carboxylic acids is 2. The number of rotatable bonds is 11. The molecule has 0 unspecified atom stereocenters. The van der Waals surface area contributed by atoms with Crippen LogP contribution < -0.4 is 10.6 Å². The van der Waals surface area contributed by atoms with Gasteiger partial charge in [-0.2, -0.15) is 4.98 Å². The maximum absolute atomic E-state index is 14.5. The van der Waals surface area contributed by atoms with Crippen molar-refractivity contribution in [3.63, 3.8) is 0 Å². The highest BCUT2D eigenvalue weighted by molar-refractivity contribution is 5.87. The Morgan fingerprint density at radius 1 is 1.13 bits per heavy atom. The molecule has 0 saturated carbocycles. The molecule has 1 aliphatic heterocycles. The van der Waals surface area contributed by atoms with E-state index in [0.29, 0.717) is 43.5 Å². The van der Waals surface area contributed by atoms with Crippen LogP contribution in [0, 0.1) is 12.7 Å². The molecule has 2 N–H and O–H groups in total. The van der Waals surface area contributed by atoms with E-state index in [4.69, 9.17) is 4.52 Å². The second-order valence-electron chi connectivity index (χ2n) is 9.62. The quantitative estimate of drug-likeness (QED) is 0.395. The Hall–Kier alpha value is -3.83. The second-order valence-corrected chi connectivity index (χ2v) is 9.62. The molecule has 11 heteroatoms. The van der Waals surface area contributed by atoms with Crippen molar-refractivity contribution in [3.05, 3.63) is 65.3 Å². The highest BCUT2D eigenvalue weighted by Gasteiger charge is 2.27. The van der Waals surface area contributed by atoms with Crippen LogP contribution >= 0.6 is 0 Å². The van der Waals surface area contributed by atoms with Gasteiger partial charge in [-0.25, -0.2) is 9.40 Å². The predicted molar refractivity (Wildman–Crippen MR) is 141 cm³/mol. The number of amides is 2. The molecule has 0 spiro atoms. The Labute approximate surface area is 221 Å². The molecule has 0 fully saturated rings. The fourth-order valence-corrected chi connectivity index (χ4v) is 4.23. The van der Waals surface area contributed by atoms with Gasteiger partial charge in [-0.05, 0) is 29.3 Å². The lowest BCUT2D eigenvalue weighted by molar-refractivity contribution is -0.151. The number of hydrazine groups is 1. The lowest BCUT2D eigenvalue weighted by Crippen LogP contribution is -2.49. The number of carbonyl (C=O) groups is 2. The first-order chi connectivity index (χ1) is 18.2. The Morgan fingerprint density at radius 3 is 2.47 bits per heavy atom. The number of hydrogen-bond acceptors (Lipinski definition) is 8. The molecule has 0 saturated heterocycles. The summed E-state index contributed by atoms with van der Waals surface area (Å²) in [5.41, 5.74) is 3.06. The average molecular weight is 524 g/mol. The first-order valence-corrected chi connectivity index (χ1v) is 12.6. The van der Waals surface area contributed by atoms with E-state index in [0.717, 1.165) is 0 Å². The summed E-state index contributed by atoms with van der Waals surface area (Å²) in [6.45, 7) is 7.56. The Morgan fingerprint density at radius 2 is 1.84 bits per heavy atom. The first-order valence-electron chi connectivity index (χ1n) is 12.6. The molecule has 10 nitrogen and oxygen atoms in total. The summed E-state index contributed by atoms with van der Waals surface area (Å²) in [7, 11) is 1.72. The van der Waals surface area contributed by atoms with Crippen LogP contribution in [0.1, 0.15) is 30.9 Å². The van der Waals surface area contributed by atoms with Crippen molar-refractivity contribution in [3.8, 4) is 11.4 Å². The minimum absolute atomic E-state index is 0.0890. The van der Waals surface area contributed by atoms with Gasteiger partial charge in [-0.15, -0.1) is 0 Å². The van der Waals surface area contributed by atoms with E-state index >= 15 is 0 Å². The summed E-state index contributed by atoms with van der Waals surface area (Å²) in [6.07, 6.45) is 0. The fourth-order valence-electron chi connectivity index (χ4n) is 4.23. The van der Waals surface area contributed by atoms with E-state index in [1.807, 2.05) is 31.0 Å². The maximum Gasteiger partial charge on any atom is 0.256 e. The van der Waals surface area contributed by atoms with Gasteiger partial charge in [0.2, 0.25) is 17.6 Å². The van der Waals surface area contributed by atoms with Gasteiger partial charge in [-0.3, -0.25) is 14.6 Å².